The van der Waals surface area contributed by atoms with E-state index in [1.54, 1.807) is 23.1 Å². The molecule has 0 bridgehead atoms. The van der Waals surface area contributed by atoms with E-state index in [4.69, 9.17) is 9.84 Å². The topological polar surface area (TPSA) is 66.8 Å². The molecule has 1 N–H and O–H groups in total. The molecule has 1 atom stereocenters. The first kappa shape index (κ1) is 18.9. The average molecular weight is 371 g/mol. The Bertz CT molecular complexity index is 835. The number of carboxylic acid groups (broad SMARTS) is 1. The molecule has 2 aromatic carbocycles. The number of piperidine rings is 1. The number of rotatable bonds is 5. The molecule has 1 saturated heterocycles. The smallest absolute Gasteiger partial charge is 0.335 e. The summed E-state index contributed by atoms with van der Waals surface area (Å²) >= 11 is 0. The molecule has 142 valence electrons. The highest BCUT2D eigenvalue weighted by Gasteiger charge is 2.28. The van der Waals surface area contributed by atoms with Crippen LogP contribution in [0.1, 0.15) is 39.1 Å². The molecule has 0 aromatic heterocycles. The third-order valence-electron chi connectivity index (χ3n) is 4.94. The summed E-state index contributed by atoms with van der Waals surface area (Å²) in [5.41, 5.74) is 1.26. The van der Waals surface area contributed by atoms with Gasteiger partial charge in [-0.2, -0.15) is 0 Å². The highest BCUT2D eigenvalue weighted by Crippen LogP contribution is 2.27. The maximum atomic E-state index is 14.2. The molecule has 1 aliphatic rings. The fourth-order valence-electron chi connectivity index (χ4n) is 3.57. The van der Waals surface area contributed by atoms with Gasteiger partial charge in [-0.15, -0.1) is 0 Å². The minimum Gasteiger partial charge on any atom is -0.496 e. The molecule has 3 rings (SSSR count). The molecule has 1 aliphatic heterocycles. The minimum atomic E-state index is -0.949. The summed E-state index contributed by atoms with van der Waals surface area (Å²) in [4.78, 5) is 25.5. The van der Waals surface area contributed by atoms with Gasteiger partial charge >= 0.3 is 5.97 Å². The summed E-state index contributed by atoms with van der Waals surface area (Å²) in [6.07, 6.45) is 2.57. The quantitative estimate of drug-likeness (QED) is 0.872. The van der Waals surface area contributed by atoms with Crippen molar-refractivity contribution in [2.75, 3.05) is 20.2 Å². The number of amides is 1. The molecule has 0 unspecified atom stereocenters. The van der Waals surface area contributed by atoms with Crippen molar-refractivity contribution in [3.05, 3.63) is 65.0 Å². The van der Waals surface area contributed by atoms with Crippen LogP contribution in [0.3, 0.4) is 0 Å². The largest absolute Gasteiger partial charge is 0.496 e. The van der Waals surface area contributed by atoms with E-state index in [1.165, 1.54) is 19.2 Å². The number of hydrogen-bond donors (Lipinski definition) is 1. The summed E-state index contributed by atoms with van der Waals surface area (Å²) in [6.45, 7) is 1.13. The lowest BCUT2D eigenvalue weighted by Crippen LogP contribution is -2.41. The van der Waals surface area contributed by atoms with Gasteiger partial charge in [0.2, 0.25) is 0 Å². The number of benzene rings is 2. The zero-order chi connectivity index (χ0) is 19.4. The number of carboxylic acids is 1. The van der Waals surface area contributed by atoms with Crippen molar-refractivity contribution in [3.63, 3.8) is 0 Å². The maximum Gasteiger partial charge on any atom is 0.335 e. The number of nitrogens with zero attached hydrogens (tertiary/aromatic N) is 1. The van der Waals surface area contributed by atoms with Crippen molar-refractivity contribution < 1.29 is 23.8 Å². The Morgan fingerprint density at radius 2 is 1.96 bits per heavy atom. The van der Waals surface area contributed by atoms with Gasteiger partial charge in [-0.25, -0.2) is 9.18 Å². The summed E-state index contributed by atoms with van der Waals surface area (Å²) in [6, 6.07) is 11.2. The van der Waals surface area contributed by atoms with Crippen LogP contribution in [0.5, 0.6) is 5.75 Å². The Morgan fingerprint density at radius 3 is 2.63 bits per heavy atom. The van der Waals surface area contributed by atoms with Gasteiger partial charge < -0.3 is 14.7 Å². The molecule has 2 aromatic rings. The molecule has 1 amide bonds. The summed E-state index contributed by atoms with van der Waals surface area (Å²) in [7, 11) is 1.42. The normalized spacial score (nSPS) is 16.8. The summed E-state index contributed by atoms with van der Waals surface area (Å²) < 4.78 is 19.4. The molecular formula is C21H22FNO4. The van der Waals surface area contributed by atoms with E-state index in [2.05, 4.69) is 0 Å². The molecule has 1 fully saturated rings. The van der Waals surface area contributed by atoms with Gasteiger partial charge in [0.15, 0.2) is 0 Å². The Morgan fingerprint density at radius 1 is 1.22 bits per heavy atom. The zero-order valence-corrected chi connectivity index (χ0v) is 15.2. The van der Waals surface area contributed by atoms with Crippen LogP contribution in [0.2, 0.25) is 0 Å². The molecule has 0 spiro atoms. The maximum absolute atomic E-state index is 14.2. The number of carbonyl (C=O) groups is 2. The first-order chi connectivity index (χ1) is 13.0. The van der Waals surface area contributed by atoms with Crippen LogP contribution in [0, 0.1) is 11.7 Å². The number of likely N-dealkylation sites (tertiary alicyclic amines) is 1. The van der Waals surface area contributed by atoms with Crippen LogP contribution in [0.4, 0.5) is 4.39 Å². The Labute approximate surface area is 157 Å². The van der Waals surface area contributed by atoms with E-state index in [0.29, 0.717) is 13.1 Å². The van der Waals surface area contributed by atoms with Gasteiger partial charge in [-0.3, -0.25) is 4.79 Å². The lowest BCUT2D eigenvalue weighted by atomic mass is 9.90. The monoisotopic (exact) mass is 371 g/mol. The predicted octanol–water partition coefficient (Wildman–Crippen LogP) is 3.63. The van der Waals surface area contributed by atoms with E-state index < -0.39 is 11.8 Å². The fraction of sp³-hybridized carbons (Fsp3) is 0.333. The highest BCUT2D eigenvalue weighted by atomic mass is 19.1. The fourth-order valence-corrected chi connectivity index (χ4v) is 3.57. The number of carbonyl (C=O) groups excluding carboxylic acids is 1. The Balaban J connectivity index is 1.71. The van der Waals surface area contributed by atoms with Crippen LogP contribution in [-0.2, 0) is 6.42 Å². The molecular weight excluding hydrogens is 349 g/mol. The molecule has 0 aliphatic carbocycles. The van der Waals surface area contributed by atoms with E-state index in [0.717, 1.165) is 24.8 Å². The van der Waals surface area contributed by atoms with Crippen molar-refractivity contribution in [2.45, 2.75) is 19.3 Å². The second-order valence-corrected chi connectivity index (χ2v) is 6.78. The SMILES string of the molecule is COc1cccc(F)c1C(=O)N1CCC[C@@H](Cc2ccc(C(=O)O)cc2)C1. The molecule has 5 nitrogen and oxygen atoms in total. The lowest BCUT2D eigenvalue weighted by molar-refractivity contribution is 0.0662. The summed E-state index contributed by atoms with van der Waals surface area (Å²) in [5, 5.41) is 8.98. The average Bonchev–Trinajstić information content (AvgIpc) is 2.68. The Kier molecular flexibility index (Phi) is 5.74. The van der Waals surface area contributed by atoms with Gasteiger partial charge in [0.05, 0.1) is 12.7 Å². The Hall–Kier alpha value is -2.89. The van der Waals surface area contributed by atoms with Gasteiger partial charge in [-0.05, 0) is 55.0 Å². The van der Waals surface area contributed by atoms with Gasteiger partial charge in [-0.1, -0.05) is 18.2 Å². The van der Waals surface area contributed by atoms with E-state index in [9.17, 15) is 14.0 Å². The molecule has 27 heavy (non-hydrogen) atoms. The van der Waals surface area contributed by atoms with Crippen LogP contribution in [-0.4, -0.2) is 42.1 Å². The minimum absolute atomic E-state index is 0.0218. The number of hydrogen-bond acceptors (Lipinski definition) is 3. The second kappa shape index (κ2) is 8.20. The van der Waals surface area contributed by atoms with E-state index in [1.807, 2.05) is 12.1 Å². The number of ether oxygens (including phenoxy) is 1. The van der Waals surface area contributed by atoms with Gasteiger partial charge in [0.25, 0.3) is 5.91 Å². The van der Waals surface area contributed by atoms with Crippen molar-refractivity contribution in [1.82, 2.24) is 4.90 Å². The molecule has 0 radical (unpaired) electrons. The van der Waals surface area contributed by atoms with E-state index >= 15 is 0 Å². The van der Waals surface area contributed by atoms with Crippen molar-refractivity contribution in [3.8, 4) is 5.75 Å². The van der Waals surface area contributed by atoms with E-state index in [-0.39, 0.29) is 28.7 Å². The van der Waals surface area contributed by atoms with Crippen LogP contribution >= 0.6 is 0 Å². The third-order valence-corrected chi connectivity index (χ3v) is 4.94. The lowest BCUT2D eigenvalue weighted by Gasteiger charge is -2.33. The van der Waals surface area contributed by atoms with Crippen LogP contribution in [0.15, 0.2) is 42.5 Å². The van der Waals surface area contributed by atoms with Gasteiger partial charge in [0.1, 0.15) is 17.1 Å². The third kappa shape index (κ3) is 4.27. The van der Waals surface area contributed by atoms with Gasteiger partial charge in [0, 0.05) is 13.1 Å². The molecule has 0 saturated carbocycles. The molecule has 1 heterocycles. The standard InChI is InChI=1S/C21H22FNO4/c1-27-18-6-2-5-17(22)19(18)20(24)23-11-3-4-15(13-23)12-14-7-9-16(10-8-14)21(25)26/h2,5-10,15H,3-4,11-13H2,1H3,(H,25,26)/t15-/m0/s1. The summed E-state index contributed by atoms with van der Waals surface area (Å²) in [5.74, 6) is -1.39. The number of methoxy groups -OCH3 is 1. The van der Waals surface area contributed by atoms with Crippen molar-refractivity contribution in [1.29, 1.82) is 0 Å². The predicted molar refractivity (Wildman–Crippen MR) is 98.7 cm³/mol. The van der Waals surface area contributed by atoms with Crippen LogP contribution < -0.4 is 4.74 Å². The number of aromatic carboxylic acids is 1. The van der Waals surface area contributed by atoms with Crippen molar-refractivity contribution >= 4 is 11.9 Å². The van der Waals surface area contributed by atoms with Crippen molar-refractivity contribution in [2.24, 2.45) is 5.92 Å². The first-order valence-electron chi connectivity index (χ1n) is 8.93. The second-order valence-electron chi connectivity index (χ2n) is 6.78. The highest BCUT2D eigenvalue weighted by molar-refractivity contribution is 5.97. The first-order valence-corrected chi connectivity index (χ1v) is 8.93. The molecule has 6 heteroatoms. The zero-order valence-electron chi connectivity index (χ0n) is 15.2. The number of halogens is 1. The van der Waals surface area contributed by atoms with Crippen LogP contribution in [0.25, 0.3) is 0 Å².